The van der Waals surface area contributed by atoms with Gasteiger partial charge in [0.05, 0.1) is 12.6 Å². The van der Waals surface area contributed by atoms with E-state index in [1.54, 1.807) is 0 Å². The Morgan fingerprint density at radius 1 is 1.05 bits per heavy atom. The van der Waals surface area contributed by atoms with Crippen LogP contribution in [0.25, 0.3) is 0 Å². The molecule has 0 radical (unpaired) electrons. The van der Waals surface area contributed by atoms with Gasteiger partial charge in [0.25, 0.3) is 0 Å². The fourth-order valence-corrected chi connectivity index (χ4v) is 2.52. The molecule has 4 nitrogen and oxygen atoms in total. The molecular weight excluding hydrogens is 266 g/mol. The van der Waals surface area contributed by atoms with Crippen molar-refractivity contribution in [1.82, 2.24) is 5.32 Å². The molecule has 0 aromatic heterocycles. The summed E-state index contributed by atoms with van der Waals surface area (Å²) in [5.41, 5.74) is 2.18. The van der Waals surface area contributed by atoms with Gasteiger partial charge in [-0.2, -0.15) is 0 Å². The molecule has 2 unspecified atom stereocenters. The van der Waals surface area contributed by atoms with Crippen LogP contribution >= 0.6 is 0 Å². The number of hydrogen-bond acceptors (Lipinski definition) is 4. The smallest absolute Gasteiger partial charge is 0.231 e. The lowest BCUT2D eigenvalue weighted by atomic mass is 10.0. The van der Waals surface area contributed by atoms with Crippen LogP contribution in [0.5, 0.6) is 11.5 Å². The Labute approximate surface area is 124 Å². The molecule has 2 atom stereocenters. The number of rotatable bonds is 5. The SMILES string of the molecule is CC(NC(CO)c1ccccc1)c1ccc2c(c1)OCO2. The van der Waals surface area contributed by atoms with Gasteiger partial charge >= 0.3 is 0 Å². The normalized spacial score (nSPS) is 15.7. The Kier molecular flexibility index (Phi) is 4.08. The fraction of sp³-hybridized carbons (Fsp3) is 0.294. The summed E-state index contributed by atoms with van der Waals surface area (Å²) in [5, 5.41) is 13.1. The van der Waals surface area contributed by atoms with E-state index in [0.717, 1.165) is 22.6 Å². The summed E-state index contributed by atoms with van der Waals surface area (Å²) < 4.78 is 10.7. The van der Waals surface area contributed by atoms with Crippen molar-refractivity contribution in [2.45, 2.75) is 19.0 Å². The van der Waals surface area contributed by atoms with Crippen molar-refractivity contribution in [3.05, 3.63) is 59.7 Å². The van der Waals surface area contributed by atoms with Crippen LogP contribution < -0.4 is 14.8 Å². The first kappa shape index (κ1) is 13.9. The number of nitrogens with one attached hydrogen (secondary N) is 1. The van der Waals surface area contributed by atoms with Crippen LogP contribution in [-0.2, 0) is 0 Å². The monoisotopic (exact) mass is 285 g/mol. The minimum absolute atomic E-state index is 0.0545. The molecule has 0 saturated heterocycles. The van der Waals surface area contributed by atoms with Crippen molar-refractivity contribution in [2.24, 2.45) is 0 Å². The van der Waals surface area contributed by atoms with Crippen molar-refractivity contribution in [1.29, 1.82) is 0 Å². The third-order valence-electron chi connectivity index (χ3n) is 3.73. The van der Waals surface area contributed by atoms with Crippen LogP contribution in [0, 0.1) is 0 Å². The Morgan fingerprint density at radius 2 is 1.81 bits per heavy atom. The first-order valence-corrected chi connectivity index (χ1v) is 7.09. The van der Waals surface area contributed by atoms with Crippen molar-refractivity contribution >= 4 is 0 Å². The number of aliphatic hydroxyl groups excluding tert-OH is 1. The van der Waals surface area contributed by atoms with Gasteiger partial charge in [0.2, 0.25) is 6.79 Å². The van der Waals surface area contributed by atoms with E-state index >= 15 is 0 Å². The molecule has 1 aliphatic heterocycles. The summed E-state index contributed by atoms with van der Waals surface area (Å²) in [7, 11) is 0. The van der Waals surface area contributed by atoms with Gasteiger partial charge in [-0.15, -0.1) is 0 Å². The Bertz CT molecular complexity index is 600. The second kappa shape index (κ2) is 6.16. The van der Waals surface area contributed by atoms with Gasteiger partial charge in [0.15, 0.2) is 11.5 Å². The maximum absolute atomic E-state index is 9.62. The zero-order chi connectivity index (χ0) is 14.7. The molecule has 1 aliphatic rings. The van der Waals surface area contributed by atoms with Crippen LogP contribution in [0.4, 0.5) is 0 Å². The standard InChI is InChI=1S/C17H19NO3/c1-12(14-7-8-16-17(9-14)21-11-20-16)18-15(10-19)13-5-3-2-4-6-13/h2-9,12,15,18-19H,10-11H2,1H3. The van der Waals surface area contributed by atoms with Crippen LogP contribution in [0.1, 0.15) is 30.1 Å². The van der Waals surface area contributed by atoms with Crippen LogP contribution in [0.3, 0.4) is 0 Å². The summed E-state index contributed by atoms with van der Waals surface area (Å²) in [6, 6.07) is 15.9. The molecule has 3 rings (SSSR count). The molecule has 0 saturated carbocycles. The maximum atomic E-state index is 9.62. The highest BCUT2D eigenvalue weighted by molar-refractivity contribution is 5.45. The third kappa shape index (κ3) is 3.01. The second-order valence-corrected chi connectivity index (χ2v) is 5.15. The lowest BCUT2D eigenvalue weighted by Crippen LogP contribution is -2.27. The van der Waals surface area contributed by atoms with Gasteiger partial charge in [-0.1, -0.05) is 36.4 Å². The molecule has 1 heterocycles. The quantitative estimate of drug-likeness (QED) is 0.887. The van der Waals surface area contributed by atoms with E-state index in [4.69, 9.17) is 9.47 Å². The van der Waals surface area contributed by atoms with E-state index in [2.05, 4.69) is 12.2 Å². The molecule has 0 amide bonds. The van der Waals surface area contributed by atoms with E-state index in [1.165, 1.54) is 0 Å². The van der Waals surface area contributed by atoms with Gasteiger partial charge < -0.3 is 19.9 Å². The Morgan fingerprint density at radius 3 is 2.57 bits per heavy atom. The van der Waals surface area contributed by atoms with Crippen molar-refractivity contribution in [2.75, 3.05) is 13.4 Å². The molecule has 2 aromatic rings. The Balaban J connectivity index is 1.74. The topological polar surface area (TPSA) is 50.7 Å². The highest BCUT2D eigenvalue weighted by Gasteiger charge is 2.18. The van der Waals surface area contributed by atoms with Gasteiger partial charge in [0.1, 0.15) is 0 Å². The zero-order valence-corrected chi connectivity index (χ0v) is 12.0. The van der Waals surface area contributed by atoms with E-state index in [1.807, 2.05) is 48.5 Å². The fourth-order valence-electron chi connectivity index (χ4n) is 2.52. The highest BCUT2D eigenvalue weighted by atomic mass is 16.7. The average Bonchev–Trinajstić information content (AvgIpc) is 3.00. The molecule has 110 valence electrons. The molecule has 0 aliphatic carbocycles. The average molecular weight is 285 g/mol. The molecule has 0 bridgehead atoms. The van der Waals surface area contributed by atoms with Crippen molar-refractivity contribution in [3.8, 4) is 11.5 Å². The minimum Gasteiger partial charge on any atom is -0.454 e. The number of fused-ring (bicyclic) bond motifs is 1. The molecule has 2 aromatic carbocycles. The van der Waals surface area contributed by atoms with Crippen LogP contribution in [0.15, 0.2) is 48.5 Å². The van der Waals surface area contributed by atoms with E-state index in [0.29, 0.717) is 0 Å². The summed E-state index contributed by atoms with van der Waals surface area (Å²) in [6.07, 6.45) is 0. The number of benzene rings is 2. The molecule has 4 heteroatoms. The van der Waals surface area contributed by atoms with Crippen molar-refractivity contribution < 1.29 is 14.6 Å². The largest absolute Gasteiger partial charge is 0.454 e. The number of aliphatic hydroxyl groups is 1. The van der Waals surface area contributed by atoms with Crippen molar-refractivity contribution in [3.63, 3.8) is 0 Å². The van der Waals surface area contributed by atoms with Crippen LogP contribution in [0.2, 0.25) is 0 Å². The predicted molar refractivity (Wildman–Crippen MR) is 80.4 cm³/mol. The third-order valence-corrected chi connectivity index (χ3v) is 3.73. The van der Waals surface area contributed by atoms with Gasteiger partial charge in [-0.25, -0.2) is 0 Å². The summed E-state index contributed by atoms with van der Waals surface area (Å²) >= 11 is 0. The number of ether oxygens (including phenoxy) is 2. The first-order valence-electron chi connectivity index (χ1n) is 7.09. The van der Waals surface area contributed by atoms with Gasteiger partial charge in [-0.05, 0) is 30.2 Å². The molecule has 2 N–H and O–H groups in total. The minimum atomic E-state index is -0.0911. The summed E-state index contributed by atoms with van der Waals surface area (Å²) in [6.45, 7) is 2.41. The Hall–Kier alpha value is -2.04. The second-order valence-electron chi connectivity index (χ2n) is 5.15. The summed E-state index contributed by atoms with van der Waals surface area (Å²) in [4.78, 5) is 0. The van der Waals surface area contributed by atoms with Crippen LogP contribution in [-0.4, -0.2) is 18.5 Å². The molecule has 0 spiro atoms. The molecule has 21 heavy (non-hydrogen) atoms. The predicted octanol–water partition coefficient (Wildman–Crippen LogP) is 2.80. The molecular formula is C17H19NO3. The first-order chi connectivity index (χ1) is 10.3. The van der Waals surface area contributed by atoms with E-state index in [-0.39, 0.29) is 25.5 Å². The van der Waals surface area contributed by atoms with E-state index in [9.17, 15) is 5.11 Å². The van der Waals surface area contributed by atoms with Gasteiger partial charge in [0, 0.05) is 6.04 Å². The maximum Gasteiger partial charge on any atom is 0.231 e. The lowest BCUT2D eigenvalue weighted by Gasteiger charge is -2.22. The number of hydrogen-bond donors (Lipinski definition) is 2. The zero-order valence-electron chi connectivity index (χ0n) is 12.0. The highest BCUT2D eigenvalue weighted by Crippen LogP contribution is 2.34. The lowest BCUT2D eigenvalue weighted by molar-refractivity contribution is 0.174. The van der Waals surface area contributed by atoms with Gasteiger partial charge in [-0.3, -0.25) is 0 Å². The molecule has 0 fully saturated rings. The van der Waals surface area contributed by atoms with E-state index < -0.39 is 0 Å². The summed E-state index contributed by atoms with van der Waals surface area (Å²) in [5.74, 6) is 1.56.